The third-order valence-electron chi connectivity index (χ3n) is 6.54. The number of carbonyl (C=O) groups excluding carboxylic acids is 2. The van der Waals surface area contributed by atoms with Crippen LogP contribution in [0.15, 0.2) is 59.5 Å². The molecule has 0 radical (unpaired) electrons. The number of hydrogen-bond donors (Lipinski definition) is 1. The van der Waals surface area contributed by atoms with Crippen LogP contribution in [-0.4, -0.2) is 74.9 Å². The number of sulfonamides is 1. The number of hydrogen-bond acceptors (Lipinski definition) is 5. The van der Waals surface area contributed by atoms with Crippen LogP contribution in [0.25, 0.3) is 0 Å². The van der Waals surface area contributed by atoms with Gasteiger partial charge in [0.05, 0.1) is 18.1 Å². The second-order valence-electron chi connectivity index (χ2n) is 8.81. The lowest BCUT2D eigenvalue weighted by Crippen LogP contribution is -2.56. The normalized spacial score (nSPS) is 18.9. The fourth-order valence-corrected chi connectivity index (χ4v) is 5.95. The van der Waals surface area contributed by atoms with E-state index in [1.54, 1.807) is 53.4 Å². The second-order valence-corrected chi connectivity index (χ2v) is 10.7. The van der Waals surface area contributed by atoms with Gasteiger partial charge in [0.15, 0.2) is 0 Å². The number of aryl methyl sites for hydroxylation is 1. The quantitative estimate of drug-likeness (QED) is 0.676. The van der Waals surface area contributed by atoms with Gasteiger partial charge in [-0.05, 0) is 49.9 Å². The Morgan fingerprint density at radius 2 is 1.56 bits per heavy atom. The molecule has 2 aromatic carbocycles. The van der Waals surface area contributed by atoms with E-state index in [9.17, 15) is 18.0 Å². The maximum Gasteiger partial charge on any atom is 0.251 e. The first kappa shape index (κ1) is 24.4. The number of piperidine rings is 1. The molecule has 1 unspecified atom stereocenters. The van der Waals surface area contributed by atoms with E-state index in [-0.39, 0.29) is 22.6 Å². The minimum Gasteiger partial charge on any atom is -0.378 e. The van der Waals surface area contributed by atoms with Crippen LogP contribution in [0.5, 0.6) is 0 Å². The minimum absolute atomic E-state index is 0.132. The highest BCUT2D eigenvalue weighted by atomic mass is 32.2. The molecule has 4 rings (SSSR count). The third-order valence-corrected chi connectivity index (χ3v) is 8.45. The molecule has 9 heteroatoms. The summed E-state index contributed by atoms with van der Waals surface area (Å²) < 4.78 is 33.0. The molecule has 2 fully saturated rings. The lowest BCUT2D eigenvalue weighted by Gasteiger charge is -2.38. The fraction of sp³-hybridized carbons (Fsp3) is 0.440. The molecule has 2 aliphatic heterocycles. The average molecular weight is 486 g/mol. The highest BCUT2D eigenvalue weighted by molar-refractivity contribution is 7.89. The molecule has 2 aromatic rings. The van der Waals surface area contributed by atoms with E-state index >= 15 is 0 Å². The van der Waals surface area contributed by atoms with Gasteiger partial charge in [0.2, 0.25) is 15.9 Å². The molecule has 0 bridgehead atoms. The molecule has 0 aliphatic carbocycles. The molecule has 0 spiro atoms. The van der Waals surface area contributed by atoms with E-state index in [1.165, 1.54) is 4.31 Å². The standard InChI is InChI=1S/C25H31N3O5S/c1-19-7-9-22(10-8-19)34(31,32)28-13-11-20(12-14-28)23(25(30)27-15-17-33-18-16-27)26-24(29)21-5-3-2-4-6-21/h2-10,20,23H,11-18H2,1H3,(H,26,29). The summed E-state index contributed by atoms with van der Waals surface area (Å²) in [5.74, 6) is -0.596. The lowest BCUT2D eigenvalue weighted by molar-refractivity contribution is -0.139. The summed E-state index contributed by atoms with van der Waals surface area (Å²) in [5.41, 5.74) is 1.48. The molecule has 0 saturated carbocycles. The van der Waals surface area contributed by atoms with Crippen molar-refractivity contribution in [2.24, 2.45) is 5.92 Å². The summed E-state index contributed by atoms with van der Waals surface area (Å²) in [6.07, 6.45) is 0.974. The molecule has 2 saturated heterocycles. The van der Waals surface area contributed by atoms with Crippen LogP contribution in [-0.2, 0) is 19.6 Å². The minimum atomic E-state index is -3.60. The SMILES string of the molecule is Cc1ccc(S(=O)(=O)N2CCC(C(NC(=O)c3ccccc3)C(=O)N3CCOCC3)CC2)cc1. The Morgan fingerprint density at radius 1 is 0.941 bits per heavy atom. The summed E-state index contributed by atoms with van der Waals surface area (Å²) in [7, 11) is -3.60. The Balaban J connectivity index is 1.48. The van der Waals surface area contributed by atoms with Gasteiger partial charge >= 0.3 is 0 Å². The van der Waals surface area contributed by atoms with Crippen molar-refractivity contribution in [2.45, 2.75) is 30.7 Å². The first-order chi connectivity index (χ1) is 16.4. The molecule has 34 heavy (non-hydrogen) atoms. The average Bonchev–Trinajstić information content (AvgIpc) is 2.88. The topological polar surface area (TPSA) is 96.0 Å². The van der Waals surface area contributed by atoms with Crippen LogP contribution in [0, 0.1) is 12.8 Å². The van der Waals surface area contributed by atoms with Crippen LogP contribution in [0.2, 0.25) is 0 Å². The smallest absolute Gasteiger partial charge is 0.251 e. The molecule has 2 amide bonds. The highest BCUT2D eigenvalue weighted by Gasteiger charge is 2.38. The number of amides is 2. The van der Waals surface area contributed by atoms with Crippen LogP contribution >= 0.6 is 0 Å². The van der Waals surface area contributed by atoms with E-state index in [1.807, 2.05) is 13.0 Å². The van der Waals surface area contributed by atoms with Crippen LogP contribution < -0.4 is 5.32 Å². The van der Waals surface area contributed by atoms with Gasteiger partial charge in [-0.2, -0.15) is 4.31 Å². The van der Waals surface area contributed by atoms with Crippen molar-refractivity contribution < 1.29 is 22.7 Å². The summed E-state index contributed by atoms with van der Waals surface area (Å²) in [4.78, 5) is 28.3. The predicted molar refractivity (Wildman–Crippen MR) is 128 cm³/mol. The molecule has 8 nitrogen and oxygen atoms in total. The van der Waals surface area contributed by atoms with E-state index < -0.39 is 16.1 Å². The Hall–Kier alpha value is -2.75. The van der Waals surface area contributed by atoms with Gasteiger partial charge < -0.3 is 15.0 Å². The lowest BCUT2D eigenvalue weighted by atomic mass is 9.89. The predicted octanol–water partition coefficient (Wildman–Crippen LogP) is 2.05. The van der Waals surface area contributed by atoms with Crippen molar-refractivity contribution in [1.29, 1.82) is 0 Å². The molecular weight excluding hydrogens is 454 g/mol. The van der Waals surface area contributed by atoms with Gasteiger partial charge in [-0.1, -0.05) is 35.9 Å². The van der Waals surface area contributed by atoms with Crippen molar-refractivity contribution in [3.63, 3.8) is 0 Å². The van der Waals surface area contributed by atoms with Crippen LogP contribution in [0.3, 0.4) is 0 Å². The van der Waals surface area contributed by atoms with E-state index in [2.05, 4.69) is 5.32 Å². The highest BCUT2D eigenvalue weighted by Crippen LogP contribution is 2.27. The number of nitrogens with one attached hydrogen (secondary N) is 1. The molecule has 0 aromatic heterocycles. The van der Waals surface area contributed by atoms with Crippen LogP contribution in [0.1, 0.15) is 28.8 Å². The monoisotopic (exact) mass is 485 g/mol. The van der Waals surface area contributed by atoms with E-state index in [0.29, 0.717) is 57.8 Å². The van der Waals surface area contributed by atoms with Crippen molar-refractivity contribution in [3.8, 4) is 0 Å². The molecular formula is C25H31N3O5S. The zero-order chi connectivity index (χ0) is 24.1. The first-order valence-electron chi connectivity index (χ1n) is 11.7. The molecule has 1 atom stereocenters. The van der Waals surface area contributed by atoms with Gasteiger partial charge in [-0.25, -0.2) is 8.42 Å². The van der Waals surface area contributed by atoms with Crippen molar-refractivity contribution in [1.82, 2.24) is 14.5 Å². The molecule has 2 aliphatic rings. The summed E-state index contributed by atoms with van der Waals surface area (Å²) >= 11 is 0. The van der Waals surface area contributed by atoms with Gasteiger partial charge in [0.25, 0.3) is 5.91 Å². The zero-order valence-corrected chi connectivity index (χ0v) is 20.2. The molecule has 2 heterocycles. The van der Waals surface area contributed by atoms with Gasteiger partial charge in [0, 0.05) is 31.7 Å². The maximum absolute atomic E-state index is 13.4. The maximum atomic E-state index is 13.4. The first-order valence-corrected chi connectivity index (χ1v) is 13.1. The Bertz CT molecular complexity index is 1090. The number of carbonyl (C=O) groups is 2. The second kappa shape index (κ2) is 10.7. The zero-order valence-electron chi connectivity index (χ0n) is 19.4. The summed E-state index contributed by atoms with van der Waals surface area (Å²) in [5, 5.41) is 2.95. The Labute approximate surface area is 200 Å². The van der Waals surface area contributed by atoms with Crippen molar-refractivity contribution in [3.05, 3.63) is 65.7 Å². The number of nitrogens with zero attached hydrogens (tertiary/aromatic N) is 2. The van der Waals surface area contributed by atoms with E-state index in [0.717, 1.165) is 5.56 Å². The molecule has 1 N–H and O–H groups in total. The van der Waals surface area contributed by atoms with Gasteiger partial charge in [-0.15, -0.1) is 0 Å². The third kappa shape index (κ3) is 5.48. The van der Waals surface area contributed by atoms with Crippen LogP contribution in [0.4, 0.5) is 0 Å². The largest absolute Gasteiger partial charge is 0.378 e. The summed E-state index contributed by atoms with van der Waals surface area (Å²) in [6, 6.07) is 14.9. The number of morpholine rings is 1. The number of benzene rings is 2. The Morgan fingerprint density at radius 3 is 2.18 bits per heavy atom. The number of ether oxygens (including phenoxy) is 1. The Kier molecular flexibility index (Phi) is 7.65. The fourth-order valence-electron chi connectivity index (χ4n) is 4.48. The summed E-state index contributed by atoms with van der Waals surface area (Å²) in [6.45, 7) is 4.42. The van der Waals surface area contributed by atoms with Gasteiger partial charge in [-0.3, -0.25) is 9.59 Å². The van der Waals surface area contributed by atoms with Gasteiger partial charge in [0.1, 0.15) is 6.04 Å². The van der Waals surface area contributed by atoms with Crippen molar-refractivity contribution in [2.75, 3.05) is 39.4 Å². The van der Waals surface area contributed by atoms with E-state index in [4.69, 9.17) is 4.74 Å². The molecule has 182 valence electrons. The van der Waals surface area contributed by atoms with Crippen molar-refractivity contribution >= 4 is 21.8 Å². The number of rotatable bonds is 6.